The molecule has 0 fully saturated rings. The van der Waals surface area contributed by atoms with Crippen LogP contribution in [0.5, 0.6) is 5.75 Å². The van der Waals surface area contributed by atoms with Gasteiger partial charge in [0.05, 0.1) is 6.61 Å². The summed E-state index contributed by atoms with van der Waals surface area (Å²) in [5.41, 5.74) is 0.713. The number of nitrogens with zero attached hydrogens (tertiary/aromatic N) is 1. The molecule has 0 saturated carbocycles. The summed E-state index contributed by atoms with van der Waals surface area (Å²) in [7, 11) is 1.46. The van der Waals surface area contributed by atoms with Crippen LogP contribution in [0.1, 0.15) is 34.7 Å². The van der Waals surface area contributed by atoms with Crippen LogP contribution in [0.25, 0.3) is 0 Å². The van der Waals surface area contributed by atoms with Crippen molar-refractivity contribution < 1.29 is 24.5 Å². The molecule has 0 aliphatic heterocycles. The fourth-order valence-corrected chi connectivity index (χ4v) is 1.73. The number of aromatic nitrogens is 1. The summed E-state index contributed by atoms with van der Waals surface area (Å²) < 4.78 is 5.86. The van der Waals surface area contributed by atoms with Crippen molar-refractivity contribution in [3.63, 3.8) is 0 Å². The SMILES string of the molecule is COCCNC(=O)c1c(O)c(=O)c(C(=O)O)cn1NCC(C)C. The molecule has 0 aliphatic rings. The Hall–Kier alpha value is -2.55. The van der Waals surface area contributed by atoms with Gasteiger partial charge in [-0.2, -0.15) is 0 Å². The third-order valence-electron chi connectivity index (χ3n) is 2.89. The third-order valence-corrected chi connectivity index (χ3v) is 2.89. The number of carbonyl (C=O) groups excluding carboxylic acids is 1. The molecule has 4 N–H and O–H groups in total. The van der Waals surface area contributed by atoms with E-state index in [0.29, 0.717) is 6.54 Å². The van der Waals surface area contributed by atoms with Crippen LogP contribution < -0.4 is 16.2 Å². The number of carbonyl (C=O) groups is 2. The minimum Gasteiger partial charge on any atom is -0.502 e. The van der Waals surface area contributed by atoms with Crippen LogP contribution in [-0.2, 0) is 4.74 Å². The average molecular weight is 327 g/mol. The lowest BCUT2D eigenvalue weighted by Crippen LogP contribution is -2.35. The monoisotopic (exact) mass is 327 g/mol. The van der Waals surface area contributed by atoms with Gasteiger partial charge in [0.1, 0.15) is 5.56 Å². The lowest BCUT2D eigenvalue weighted by molar-refractivity contribution is 0.0692. The van der Waals surface area contributed by atoms with Gasteiger partial charge in [-0.3, -0.25) is 14.3 Å². The highest BCUT2D eigenvalue weighted by atomic mass is 16.5. The molecular weight excluding hydrogens is 306 g/mol. The molecule has 9 nitrogen and oxygen atoms in total. The van der Waals surface area contributed by atoms with Gasteiger partial charge >= 0.3 is 5.97 Å². The maximum absolute atomic E-state index is 12.2. The highest BCUT2D eigenvalue weighted by Crippen LogP contribution is 2.13. The number of hydrogen-bond acceptors (Lipinski definition) is 6. The van der Waals surface area contributed by atoms with E-state index in [0.717, 1.165) is 10.9 Å². The molecule has 1 aromatic rings. The molecule has 0 spiro atoms. The zero-order valence-electron chi connectivity index (χ0n) is 13.3. The first-order valence-corrected chi connectivity index (χ1v) is 7.02. The molecule has 1 aromatic heterocycles. The number of rotatable bonds is 8. The van der Waals surface area contributed by atoms with Crippen molar-refractivity contribution in [3.8, 4) is 5.75 Å². The maximum Gasteiger partial charge on any atom is 0.341 e. The van der Waals surface area contributed by atoms with Gasteiger partial charge in [0.15, 0.2) is 11.4 Å². The summed E-state index contributed by atoms with van der Waals surface area (Å²) >= 11 is 0. The molecule has 0 saturated heterocycles. The van der Waals surface area contributed by atoms with Crippen LogP contribution in [0.3, 0.4) is 0 Å². The second-order valence-electron chi connectivity index (χ2n) is 5.25. The molecule has 0 bridgehead atoms. The first-order chi connectivity index (χ1) is 10.8. The van der Waals surface area contributed by atoms with Gasteiger partial charge in [0.2, 0.25) is 5.43 Å². The number of aromatic hydroxyl groups is 1. The van der Waals surface area contributed by atoms with E-state index in [4.69, 9.17) is 9.84 Å². The van der Waals surface area contributed by atoms with E-state index in [2.05, 4.69) is 10.7 Å². The Morgan fingerprint density at radius 3 is 2.57 bits per heavy atom. The molecule has 1 amide bonds. The largest absolute Gasteiger partial charge is 0.502 e. The van der Waals surface area contributed by atoms with Crippen molar-refractivity contribution in [1.82, 2.24) is 9.99 Å². The minimum atomic E-state index is -1.49. The summed E-state index contributed by atoms with van der Waals surface area (Å²) in [6.45, 7) is 4.65. The van der Waals surface area contributed by atoms with E-state index >= 15 is 0 Å². The lowest BCUT2D eigenvalue weighted by atomic mass is 10.2. The maximum atomic E-state index is 12.2. The molecule has 9 heteroatoms. The Morgan fingerprint density at radius 1 is 1.39 bits per heavy atom. The first-order valence-electron chi connectivity index (χ1n) is 7.02. The average Bonchev–Trinajstić information content (AvgIpc) is 2.47. The molecule has 23 heavy (non-hydrogen) atoms. The number of aromatic carboxylic acids is 1. The Kier molecular flexibility index (Phi) is 6.58. The number of pyridine rings is 1. The van der Waals surface area contributed by atoms with Gasteiger partial charge < -0.3 is 25.7 Å². The van der Waals surface area contributed by atoms with E-state index < -0.39 is 28.6 Å². The van der Waals surface area contributed by atoms with Gasteiger partial charge in [-0.05, 0) is 5.92 Å². The lowest BCUT2D eigenvalue weighted by Gasteiger charge is -2.18. The first kappa shape index (κ1) is 18.5. The predicted octanol–water partition coefficient (Wildman–Crippen LogP) is -0.172. The van der Waals surface area contributed by atoms with Crippen LogP contribution in [0.2, 0.25) is 0 Å². The molecule has 0 unspecified atom stereocenters. The fraction of sp³-hybridized carbons (Fsp3) is 0.500. The summed E-state index contributed by atoms with van der Waals surface area (Å²) in [6, 6.07) is 0. The zero-order chi connectivity index (χ0) is 17.6. The van der Waals surface area contributed by atoms with Crippen molar-refractivity contribution in [3.05, 3.63) is 27.7 Å². The number of carboxylic acid groups (broad SMARTS) is 1. The molecule has 0 aromatic carbocycles. The second kappa shape index (κ2) is 8.18. The second-order valence-corrected chi connectivity index (χ2v) is 5.25. The molecule has 1 heterocycles. The topological polar surface area (TPSA) is 130 Å². The normalized spacial score (nSPS) is 10.6. The Morgan fingerprint density at radius 2 is 2.04 bits per heavy atom. The van der Waals surface area contributed by atoms with E-state index in [1.165, 1.54) is 7.11 Å². The zero-order valence-corrected chi connectivity index (χ0v) is 13.3. The van der Waals surface area contributed by atoms with Crippen LogP contribution in [0, 0.1) is 5.92 Å². The van der Waals surface area contributed by atoms with Crippen LogP contribution >= 0.6 is 0 Å². The number of amides is 1. The Bertz CT molecular complexity index is 638. The predicted molar refractivity (Wildman–Crippen MR) is 82.6 cm³/mol. The van der Waals surface area contributed by atoms with Crippen LogP contribution in [0.4, 0.5) is 0 Å². The van der Waals surface area contributed by atoms with Gasteiger partial charge in [0.25, 0.3) is 5.91 Å². The summed E-state index contributed by atoms with van der Waals surface area (Å²) in [5.74, 6) is -2.94. The number of carboxylic acids is 1. The van der Waals surface area contributed by atoms with E-state index in [1.807, 2.05) is 13.8 Å². The minimum absolute atomic E-state index is 0.174. The number of ether oxygens (including phenoxy) is 1. The summed E-state index contributed by atoms with van der Waals surface area (Å²) in [5, 5.41) is 21.5. The summed E-state index contributed by atoms with van der Waals surface area (Å²) in [6.07, 6.45) is 0.984. The molecule has 128 valence electrons. The highest BCUT2D eigenvalue weighted by molar-refractivity contribution is 5.96. The third kappa shape index (κ3) is 4.71. The summed E-state index contributed by atoms with van der Waals surface area (Å²) in [4.78, 5) is 35.1. The van der Waals surface area contributed by atoms with Gasteiger partial charge in [-0.1, -0.05) is 13.8 Å². The van der Waals surface area contributed by atoms with Crippen molar-refractivity contribution in [2.75, 3.05) is 32.2 Å². The fourth-order valence-electron chi connectivity index (χ4n) is 1.73. The van der Waals surface area contributed by atoms with E-state index in [-0.39, 0.29) is 24.8 Å². The van der Waals surface area contributed by atoms with Gasteiger partial charge in [-0.15, -0.1) is 0 Å². The van der Waals surface area contributed by atoms with Crippen molar-refractivity contribution in [2.45, 2.75) is 13.8 Å². The number of nitrogens with one attached hydrogen (secondary N) is 2. The number of methoxy groups -OCH3 is 1. The quantitative estimate of drug-likeness (QED) is 0.488. The standard InChI is InChI=1S/C14H21N3O6/c1-8(2)6-16-17-7-9(14(21)22)11(18)12(19)10(17)13(20)15-4-5-23-3/h7-8,16,19H,4-6H2,1-3H3,(H,15,20)(H,21,22). The van der Waals surface area contributed by atoms with E-state index in [9.17, 15) is 19.5 Å². The molecule has 0 radical (unpaired) electrons. The van der Waals surface area contributed by atoms with Crippen LogP contribution in [0.15, 0.2) is 11.0 Å². The van der Waals surface area contributed by atoms with Gasteiger partial charge in [0, 0.05) is 26.4 Å². The van der Waals surface area contributed by atoms with Gasteiger partial charge in [-0.25, -0.2) is 4.79 Å². The van der Waals surface area contributed by atoms with Crippen molar-refractivity contribution in [2.24, 2.45) is 5.92 Å². The van der Waals surface area contributed by atoms with Crippen LogP contribution in [-0.4, -0.2) is 53.6 Å². The van der Waals surface area contributed by atoms with Crippen molar-refractivity contribution in [1.29, 1.82) is 0 Å². The molecule has 0 atom stereocenters. The van der Waals surface area contributed by atoms with Crippen molar-refractivity contribution >= 4 is 11.9 Å². The van der Waals surface area contributed by atoms with E-state index in [1.54, 1.807) is 0 Å². The molecule has 0 aliphatic carbocycles. The Balaban J connectivity index is 3.28. The number of hydrogen-bond donors (Lipinski definition) is 4. The Labute approximate surface area is 132 Å². The molecular formula is C14H21N3O6. The smallest absolute Gasteiger partial charge is 0.341 e. The highest BCUT2D eigenvalue weighted by Gasteiger charge is 2.23. The molecule has 1 rings (SSSR count).